The number of ether oxygens (including phenoxy) is 1. The van der Waals surface area contributed by atoms with E-state index in [0.29, 0.717) is 5.76 Å². The summed E-state index contributed by atoms with van der Waals surface area (Å²) in [6.07, 6.45) is 5.85. The van der Waals surface area contributed by atoms with Crippen LogP contribution in [0.1, 0.15) is 28.8 Å². The standard InChI is InChI=1S/C20H17NO3/c1-15-7-8-18(23-15)9-10-19(22)24-20(16-5-3-2-4-6-16)17-11-13-21-14-12-17/h2-14,20H,1H3. The third kappa shape index (κ3) is 3.98. The van der Waals surface area contributed by atoms with Crippen molar-refractivity contribution in [1.82, 2.24) is 4.98 Å². The van der Waals surface area contributed by atoms with Gasteiger partial charge in [0.15, 0.2) is 6.10 Å². The average Bonchev–Trinajstić information content (AvgIpc) is 3.05. The second-order valence-electron chi connectivity index (χ2n) is 5.29. The van der Waals surface area contributed by atoms with Gasteiger partial charge < -0.3 is 9.15 Å². The van der Waals surface area contributed by atoms with Gasteiger partial charge in [-0.1, -0.05) is 30.3 Å². The van der Waals surface area contributed by atoms with E-state index in [0.717, 1.165) is 16.9 Å². The van der Waals surface area contributed by atoms with Crippen LogP contribution in [0.5, 0.6) is 0 Å². The smallest absolute Gasteiger partial charge is 0.331 e. The van der Waals surface area contributed by atoms with E-state index in [4.69, 9.17) is 9.15 Å². The quantitative estimate of drug-likeness (QED) is 0.519. The highest BCUT2D eigenvalue weighted by Crippen LogP contribution is 2.25. The molecule has 0 saturated heterocycles. The number of furan rings is 1. The zero-order valence-electron chi connectivity index (χ0n) is 13.3. The summed E-state index contributed by atoms with van der Waals surface area (Å²) < 4.78 is 11.1. The number of hydrogen-bond acceptors (Lipinski definition) is 4. The maximum absolute atomic E-state index is 12.2. The minimum Gasteiger partial charge on any atom is -0.462 e. The highest BCUT2D eigenvalue weighted by molar-refractivity contribution is 5.87. The Labute approximate surface area is 140 Å². The van der Waals surface area contributed by atoms with Gasteiger partial charge in [0.25, 0.3) is 0 Å². The molecule has 0 aliphatic rings. The maximum atomic E-state index is 12.2. The van der Waals surface area contributed by atoms with Gasteiger partial charge in [0, 0.05) is 24.0 Å². The van der Waals surface area contributed by atoms with Crippen molar-refractivity contribution in [1.29, 1.82) is 0 Å². The lowest BCUT2D eigenvalue weighted by Gasteiger charge is -2.17. The Bertz CT molecular complexity index is 783. The molecule has 0 saturated carbocycles. The van der Waals surface area contributed by atoms with Gasteiger partial charge in [0.1, 0.15) is 11.5 Å². The molecule has 4 heteroatoms. The van der Waals surface area contributed by atoms with Crippen LogP contribution < -0.4 is 0 Å². The highest BCUT2D eigenvalue weighted by Gasteiger charge is 2.17. The lowest BCUT2D eigenvalue weighted by atomic mass is 10.0. The third-order valence-corrected chi connectivity index (χ3v) is 3.49. The summed E-state index contributed by atoms with van der Waals surface area (Å²) in [6.45, 7) is 1.85. The van der Waals surface area contributed by atoms with Gasteiger partial charge in [-0.25, -0.2) is 4.79 Å². The molecular weight excluding hydrogens is 302 g/mol. The van der Waals surface area contributed by atoms with E-state index >= 15 is 0 Å². The van der Waals surface area contributed by atoms with Gasteiger partial charge in [-0.2, -0.15) is 0 Å². The summed E-state index contributed by atoms with van der Waals surface area (Å²) in [7, 11) is 0. The van der Waals surface area contributed by atoms with Crippen molar-refractivity contribution in [2.24, 2.45) is 0 Å². The van der Waals surface area contributed by atoms with Crippen LogP contribution in [0.15, 0.2) is 77.5 Å². The first kappa shape index (κ1) is 15.7. The maximum Gasteiger partial charge on any atom is 0.331 e. The second kappa shape index (κ2) is 7.42. The first-order valence-corrected chi connectivity index (χ1v) is 7.62. The summed E-state index contributed by atoms with van der Waals surface area (Å²) in [4.78, 5) is 16.2. The Morgan fingerprint density at radius 1 is 1.04 bits per heavy atom. The number of esters is 1. The van der Waals surface area contributed by atoms with Gasteiger partial charge >= 0.3 is 5.97 Å². The second-order valence-corrected chi connectivity index (χ2v) is 5.29. The largest absolute Gasteiger partial charge is 0.462 e. The van der Waals surface area contributed by atoms with E-state index in [1.54, 1.807) is 24.5 Å². The number of rotatable bonds is 5. The number of pyridine rings is 1. The molecule has 1 aromatic carbocycles. The van der Waals surface area contributed by atoms with Crippen LogP contribution in [-0.2, 0) is 9.53 Å². The summed E-state index contributed by atoms with van der Waals surface area (Å²) in [5.41, 5.74) is 1.77. The molecule has 2 heterocycles. The summed E-state index contributed by atoms with van der Waals surface area (Å²) >= 11 is 0. The number of hydrogen-bond donors (Lipinski definition) is 0. The number of aryl methyl sites for hydroxylation is 1. The molecule has 0 aliphatic carbocycles. The summed E-state index contributed by atoms with van der Waals surface area (Å²) in [5, 5.41) is 0. The Morgan fingerprint density at radius 2 is 1.75 bits per heavy atom. The zero-order chi connectivity index (χ0) is 16.8. The predicted octanol–water partition coefficient (Wildman–Crippen LogP) is 4.33. The van der Waals surface area contributed by atoms with Gasteiger partial charge in [0.05, 0.1) is 0 Å². The summed E-state index contributed by atoms with van der Waals surface area (Å²) in [5.74, 6) is 0.973. The average molecular weight is 319 g/mol. The predicted molar refractivity (Wildman–Crippen MR) is 91.1 cm³/mol. The molecule has 4 nitrogen and oxygen atoms in total. The van der Waals surface area contributed by atoms with E-state index in [2.05, 4.69) is 4.98 Å². The number of nitrogens with zero attached hydrogens (tertiary/aromatic N) is 1. The Balaban J connectivity index is 1.79. The molecule has 0 fully saturated rings. The van der Waals surface area contributed by atoms with Crippen molar-refractivity contribution >= 4 is 12.0 Å². The van der Waals surface area contributed by atoms with E-state index < -0.39 is 12.1 Å². The molecule has 3 rings (SSSR count). The van der Waals surface area contributed by atoms with Crippen molar-refractivity contribution in [3.05, 3.63) is 95.7 Å². The number of benzene rings is 1. The molecule has 0 radical (unpaired) electrons. The van der Waals surface area contributed by atoms with Crippen LogP contribution in [0, 0.1) is 6.92 Å². The molecule has 0 bridgehead atoms. The Kier molecular flexibility index (Phi) is 4.87. The van der Waals surface area contributed by atoms with Crippen LogP contribution in [0.25, 0.3) is 6.08 Å². The molecule has 1 unspecified atom stereocenters. The summed E-state index contributed by atoms with van der Waals surface area (Å²) in [6, 6.07) is 16.9. The minimum absolute atomic E-state index is 0.435. The van der Waals surface area contributed by atoms with Gasteiger partial charge in [0.2, 0.25) is 0 Å². The number of carbonyl (C=O) groups excluding carboxylic acids is 1. The van der Waals surface area contributed by atoms with Crippen molar-refractivity contribution < 1.29 is 13.9 Å². The SMILES string of the molecule is Cc1ccc(C=CC(=O)OC(c2ccccc2)c2ccncc2)o1. The Hall–Kier alpha value is -3.14. The highest BCUT2D eigenvalue weighted by atomic mass is 16.5. The molecule has 1 atom stereocenters. The molecule has 120 valence electrons. The molecule has 0 amide bonds. The fourth-order valence-electron chi connectivity index (χ4n) is 2.34. The molecular formula is C20H17NO3. The van der Waals surface area contributed by atoms with Crippen LogP contribution in [0.4, 0.5) is 0 Å². The van der Waals surface area contributed by atoms with Crippen molar-refractivity contribution in [2.75, 3.05) is 0 Å². The van der Waals surface area contributed by atoms with Crippen LogP contribution in [-0.4, -0.2) is 11.0 Å². The van der Waals surface area contributed by atoms with Gasteiger partial charge in [-0.05, 0) is 42.8 Å². The van der Waals surface area contributed by atoms with E-state index in [-0.39, 0.29) is 0 Å². The molecule has 24 heavy (non-hydrogen) atoms. The van der Waals surface area contributed by atoms with Crippen molar-refractivity contribution in [3.63, 3.8) is 0 Å². The van der Waals surface area contributed by atoms with Crippen LogP contribution >= 0.6 is 0 Å². The molecule has 0 aliphatic heterocycles. The lowest BCUT2D eigenvalue weighted by Crippen LogP contribution is -2.11. The number of aromatic nitrogens is 1. The van der Waals surface area contributed by atoms with Crippen LogP contribution in [0.2, 0.25) is 0 Å². The Morgan fingerprint density at radius 3 is 2.42 bits per heavy atom. The van der Waals surface area contributed by atoms with Gasteiger partial charge in [-0.3, -0.25) is 4.98 Å². The van der Waals surface area contributed by atoms with E-state index in [1.165, 1.54) is 6.08 Å². The fraction of sp³-hybridized carbons (Fsp3) is 0.100. The monoisotopic (exact) mass is 319 g/mol. The molecule has 0 spiro atoms. The van der Waals surface area contributed by atoms with E-state index in [9.17, 15) is 4.79 Å². The minimum atomic E-state index is -0.482. The molecule has 0 N–H and O–H groups in total. The first-order valence-electron chi connectivity index (χ1n) is 7.62. The lowest BCUT2D eigenvalue weighted by molar-refractivity contribution is -0.141. The molecule has 2 aromatic heterocycles. The molecule has 3 aromatic rings. The third-order valence-electron chi connectivity index (χ3n) is 3.49. The fourth-order valence-corrected chi connectivity index (χ4v) is 2.34. The van der Waals surface area contributed by atoms with E-state index in [1.807, 2.05) is 55.5 Å². The van der Waals surface area contributed by atoms with Gasteiger partial charge in [-0.15, -0.1) is 0 Å². The van der Waals surface area contributed by atoms with Crippen molar-refractivity contribution in [3.8, 4) is 0 Å². The zero-order valence-corrected chi connectivity index (χ0v) is 13.3. The normalized spacial score (nSPS) is 12.2. The van der Waals surface area contributed by atoms with Crippen molar-refractivity contribution in [2.45, 2.75) is 13.0 Å². The van der Waals surface area contributed by atoms with Crippen LogP contribution in [0.3, 0.4) is 0 Å². The number of carbonyl (C=O) groups is 1. The topological polar surface area (TPSA) is 52.3 Å². The first-order chi connectivity index (χ1) is 11.7.